The second-order valence-electron chi connectivity index (χ2n) is 6.26. The summed E-state index contributed by atoms with van der Waals surface area (Å²) >= 11 is 0. The number of ether oxygens (including phenoxy) is 2. The molecule has 26 heavy (non-hydrogen) atoms. The smallest absolute Gasteiger partial charge is 0.255 e. The molecule has 0 bridgehead atoms. The normalized spacial score (nSPS) is 14.0. The number of piperidine rings is 1. The van der Waals surface area contributed by atoms with Crippen molar-refractivity contribution in [3.05, 3.63) is 47.8 Å². The van der Waals surface area contributed by atoms with Crippen LogP contribution in [0.25, 0.3) is 0 Å². The summed E-state index contributed by atoms with van der Waals surface area (Å²) in [6, 6.07) is 9.45. The average molecular weight is 358 g/mol. The van der Waals surface area contributed by atoms with Crippen molar-refractivity contribution in [2.45, 2.75) is 19.3 Å². The number of hydrogen-bond donors (Lipinski definition) is 1. The van der Waals surface area contributed by atoms with Crippen molar-refractivity contribution in [3.8, 4) is 11.5 Å². The third-order valence-corrected chi connectivity index (χ3v) is 4.52. The van der Waals surface area contributed by atoms with E-state index in [9.17, 15) is 9.18 Å². The molecule has 6 heteroatoms. The zero-order valence-electron chi connectivity index (χ0n) is 15.0. The summed E-state index contributed by atoms with van der Waals surface area (Å²) in [6.07, 6.45) is 3.39. The van der Waals surface area contributed by atoms with Gasteiger partial charge in [0.15, 0.2) is 0 Å². The molecular formula is C20H23FN2O3. The molecule has 0 radical (unpaired) electrons. The van der Waals surface area contributed by atoms with E-state index in [1.807, 2.05) is 0 Å². The van der Waals surface area contributed by atoms with Gasteiger partial charge in [-0.25, -0.2) is 4.39 Å². The third kappa shape index (κ3) is 4.07. The van der Waals surface area contributed by atoms with Gasteiger partial charge in [0.2, 0.25) is 0 Å². The summed E-state index contributed by atoms with van der Waals surface area (Å²) in [5.74, 6) is 0.310. The van der Waals surface area contributed by atoms with Crippen LogP contribution in [0, 0.1) is 5.82 Å². The summed E-state index contributed by atoms with van der Waals surface area (Å²) in [6.45, 7) is 1.81. The lowest BCUT2D eigenvalue weighted by molar-refractivity contribution is 0.102. The van der Waals surface area contributed by atoms with Gasteiger partial charge in [0.05, 0.1) is 25.6 Å². The first kappa shape index (κ1) is 18.0. The SMILES string of the molecule is COc1cc(OC)cc(C(=O)Nc2cc(F)ccc2N2CCCCC2)c1. The number of carbonyl (C=O) groups is 1. The average Bonchev–Trinajstić information content (AvgIpc) is 2.68. The Kier molecular flexibility index (Phi) is 5.61. The van der Waals surface area contributed by atoms with Gasteiger partial charge in [0.1, 0.15) is 17.3 Å². The molecule has 1 heterocycles. The topological polar surface area (TPSA) is 50.8 Å². The van der Waals surface area contributed by atoms with E-state index in [1.54, 1.807) is 24.3 Å². The number of halogens is 1. The fourth-order valence-electron chi connectivity index (χ4n) is 3.15. The molecule has 0 atom stereocenters. The Morgan fingerprint density at radius 3 is 2.27 bits per heavy atom. The lowest BCUT2D eigenvalue weighted by Crippen LogP contribution is -2.30. The molecule has 1 aliphatic heterocycles. The molecule has 0 aliphatic carbocycles. The number of hydrogen-bond acceptors (Lipinski definition) is 4. The van der Waals surface area contributed by atoms with E-state index in [2.05, 4.69) is 10.2 Å². The summed E-state index contributed by atoms with van der Waals surface area (Å²) < 4.78 is 24.2. The molecule has 3 rings (SSSR count). The largest absolute Gasteiger partial charge is 0.497 e. The van der Waals surface area contributed by atoms with Crippen molar-refractivity contribution in [1.29, 1.82) is 0 Å². The molecule has 0 aromatic heterocycles. The molecule has 1 fully saturated rings. The van der Waals surface area contributed by atoms with Crippen molar-refractivity contribution in [1.82, 2.24) is 0 Å². The highest BCUT2D eigenvalue weighted by Gasteiger charge is 2.18. The van der Waals surface area contributed by atoms with E-state index >= 15 is 0 Å². The van der Waals surface area contributed by atoms with Crippen molar-refractivity contribution in [2.24, 2.45) is 0 Å². The zero-order valence-corrected chi connectivity index (χ0v) is 15.0. The van der Waals surface area contributed by atoms with E-state index in [0.29, 0.717) is 22.7 Å². The molecule has 5 nitrogen and oxygen atoms in total. The first-order chi connectivity index (χ1) is 12.6. The van der Waals surface area contributed by atoms with Gasteiger partial charge in [-0.05, 0) is 49.6 Å². The van der Waals surface area contributed by atoms with Crippen LogP contribution < -0.4 is 19.7 Å². The Labute approximate surface area is 152 Å². The van der Waals surface area contributed by atoms with Gasteiger partial charge in [-0.15, -0.1) is 0 Å². The number of carbonyl (C=O) groups excluding carboxylic acids is 1. The molecule has 1 amide bonds. The predicted molar refractivity (Wildman–Crippen MR) is 100.0 cm³/mol. The van der Waals surface area contributed by atoms with Gasteiger partial charge < -0.3 is 19.7 Å². The van der Waals surface area contributed by atoms with Gasteiger partial charge in [-0.2, -0.15) is 0 Å². The summed E-state index contributed by atoms with van der Waals surface area (Å²) in [7, 11) is 3.05. The minimum atomic E-state index is -0.385. The summed E-state index contributed by atoms with van der Waals surface area (Å²) in [4.78, 5) is 14.9. The van der Waals surface area contributed by atoms with Gasteiger partial charge in [-0.3, -0.25) is 4.79 Å². The Morgan fingerprint density at radius 2 is 1.65 bits per heavy atom. The van der Waals surface area contributed by atoms with E-state index in [-0.39, 0.29) is 11.7 Å². The first-order valence-electron chi connectivity index (χ1n) is 8.69. The number of rotatable bonds is 5. The molecule has 2 aromatic rings. The van der Waals surface area contributed by atoms with Crippen LogP contribution in [0.3, 0.4) is 0 Å². The van der Waals surface area contributed by atoms with Crippen molar-refractivity contribution < 1.29 is 18.7 Å². The highest BCUT2D eigenvalue weighted by Crippen LogP contribution is 2.30. The molecule has 1 aliphatic rings. The number of anilines is 2. The Bertz CT molecular complexity index is 766. The van der Waals surface area contributed by atoms with Crippen molar-refractivity contribution >= 4 is 17.3 Å². The number of methoxy groups -OCH3 is 2. The Balaban J connectivity index is 1.88. The van der Waals surface area contributed by atoms with Crippen LogP contribution in [0.1, 0.15) is 29.6 Å². The highest BCUT2D eigenvalue weighted by molar-refractivity contribution is 6.06. The minimum Gasteiger partial charge on any atom is -0.497 e. The van der Waals surface area contributed by atoms with Crippen molar-refractivity contribution in [2.75, 3.05) is 37.5 Å². The van der Waals surface area contributed by atoms with E-state index in [0.717, 1.165) is 31.6 Å². The van der Waals surface area contributed by atoms with Crippen LogP contribution in [0.2, 0.25) is 0 Å². The van der Waals surface area contributed by atoms with Crippen LogP contribution in [-0.2, 0) is 0 Å². The molecule has 0 unspecified atom stereocenters. The minimum absolute atomic E-state index is 0.342. The second-order valence-corrected chi connectivity index (χ2v) is 6.26. The van der Waals surface area contributed by atoms with Gasteiger partial charge >= 0.3 is 0 Å². The lowest BCUT2D eigenvalue weighted by atomic mass is 10.1. The number of nitrogens with zero attached hydrogens (tertiary/aromatic N) is 1. The molecule has 1 N–H and O–H groups in total. The molecule has 0 saturated carbocycles. The standard InChI is InChI=1S/C20H23FN2O3/c1-25-16-10-14(11-17(13-16)26-2)20(24)22-18-12-15(21)6-7-19(18)23-8-4-3-5-9-23/h6-7,10-13H,3-5,8-9H2,1-2H3,(H,22,24). The Morgan fingerprint density at radius 1 is 1.00 bits per heavy atom. The van der Waals surface area contributed by atoms with E-state index < -0.39 is 0 Å². The molecule has 1 saturated heterocycles. The summed E-state index contributed by atoms with van der Waals surface area (Å²) in [5, 5.41) is 2.84. The van der Waals surface area contributed by atoms with E-state index in [4.69, 9.17) is 9.47 Å². The second kappa shape index (κ2) is 8.08. The zero-order chi connectivity index (χ0) is 18.5. The number of amides is 1. The first-order valence-corrected chi connectivity index (χ1v) is 8.69. The monoisotopic (exact) mass is 358 g/mol. The fraction of sp³-hybridized carbons (Fsp3) is 0.350. The van der Waals surface area contributed by atoms with Crippen LogP contribution in [-0.4, -0.2) is 33.2 Å². The van der Waals surface area contributed by atoms with Gasteiger partial charge in [-0.1, -0.05) is 0 Å². The quantitative estimate of drug-likeness (QED) is 0.875. The van der Waals surface area contributed by atoms with Crippen LogP contribution in [0.5, 0.6) is 11.5 Å². The van der Waals surface area contributed by atoms with Crippen LogP contribution in [0.4, 0.5) is 15.8 Å². The maximum absolute atomic E-state index is 13.8. The van der Waals surface area contributed by atoms with Gasteiger partial charge in [0.25, 0.3) is 5.91 Å². The fourth-order valence-corrected chi connectivity index (χ4v) is 3.15. The molecule has 2 aromatic carbocycles. The van der Waals surface area contributed by atoms with Gasteiger partial charge in [0, 0.05) is 24.7 Å². The maximum Gasteiger partial charge on any atom is 0.255 e. The number of benzene rings is 2. The highest BCUT2D eigenvalue weighted by atomic mass is 19.1. The third-order valence-electron chi connectivity index (χ3n) is 4.52. The maximum atomic E-state index is 13.8. The molecule has 138 valence electrons. The number of nitrogens with one attached hydrogen (secondary N) is 1. The molecular weight excluding hydrogens is 335 g/mol. The predicted octanol–water partition coefficient (Wildman–Crippen LogP) is 4.09. The lowest BCUT2D eigenvalue weighted by Gasteiger charge is -2.30. The molecule has 0 spiro atoms. The van der Waals surface area contributed by atoms with Crippen LogP contribution in [0.15, 0.2) is 36.4 Å². The Hall–Kier alpha value is -2.76. The van der Waals surface area contributed by atoms with E-state index in [1.165, 1.54) is 32.8 Å². The van der Waals surface area contributed by atoms with Crippen molar-refractivity contribution in [3.63, 3.8) is 0 Å². The van der Waals surface area contributed by atoms with Crippen LogP contribution >= 0.6 is 0 Å². The summed E-state index contributed by atoms with van der Waals surface area (Å²) in [5.41, 5.74) is 1.70.